The highest BCUT2D eigenvalue weighted by Gasteiger charge is 2.49. The maximum Gasteiger partial charge on any atom is 0.271 e. The first-order chi connectivity index (χ1) is 15.5. The summed E-state index contributed by atoms with van der Waals surface area (Å²) in [5, 5.41) is 20.6. The number of hydrogen-bond acceptors (Lipinski definition) is 5. The molecule has 0 saturated heterocycles. The number of nitrogens with zero attached hydrogens (tertiary/aromatic N) is 3. The normalized spacial score (nSPS) is 21.0. The topological polar surface area (TPSA) is 68.4 Å². The van der Waals surface area contributed by atoms with Crippen LogP contribution in [0.5, 0.6) is 5.75 Å². The van der Waals surface area contributed by atoms with E-state index in [0.29, 0.717) is 29.4 Å². The van der Waals surface area contributed by atoms with E-state index in [9.17, 15) is 5.11 Å². The lowest BCUT2D eigenvalue weighted by atomic mass is 9.73. The van der Waals surface area contributed by atoms with E-state index >= 15 is 0 Å². The minimum Gasteiger partial charge on any atom is -0.493 e. The third-order valence-electron chi connectivity index (χ3n) is 6.82. The summed E-state index contributed by atoms with van der Waals surface area (Å²) >= 11 is 0. The summed E-state index contributed by atoms with van der Waals surface area (Å²) in [5.74, 6) is 2.01. The molecule has 172 valence electrons. The maximum atomic E-state index is 11.9. The number of aliphatic hydroxyl groups is 1. The smallest absolute Gasteiger partial charge is 0.271 e. The average Bonchev–Trinajstić information content (AvgIpc) is 3.50. The fourth-order valence-electron chi connectivity index (χ4n) is 5.03. The number of hydrogen-bond donors (Lipinski definition) is 1. The summed E-state index contributed by atoms with van der Waals surface area (Å²) in [6, 6.07) is 9.90. The Kier molecular flexibility index (Phi) is 7.11. The molecule has 4 rings (SSSR count). The molecule has 1 saturated carbocycles. The molecule has 2 aliphatic rings. The molecule has 0 bridgehead atoms. The van der Waals surface area contributed by atoms with E-state index in [-0.39, 0.29) is 11.8 Å². The molecule has 0 amide bonds. The summed E-state index contributed by atoms with van der Waals surface area (Å²) in [4.78, 5) is 0. The van der Waals surface area contributed by atoms with Crippen LogP contribution in [0.25, 0.3) is 0 Å². The number of aromatic nitrogens is 2. The first kappa shape index (κ1) is 22.7. The molecule has 1 aromatic carbocycles. The molecule has 2 aliphatic carbocycles. The molecule has 32 heavy (non-hydrogen) atoms. The number of para-hydroxylation sites is 1. The van der Waals surface area contributed by atoms with Crippen molar-refractivity contribution in [1.82, 2.24) is 10.2 Å². The van der Waals surface area contributed by atoms with Crippen molar-refractivity contribution in [2.45, 2.75) is 50.7 Å². The van der Waals surface area contributed by atoms with Gasteiger partial charge in [-0.05, 0) is 37.3 Å². The summed E-state index contributed by atoms with van der Waals surface area (Å²) < 4.78 is 12.7. The second kappa shape index (κ2) is 10.0. The Labute approximate surface area is 191 Å². The monoisotopic (exact) mass is 438 g/mol. The summed E-state index contributed by atoms with van der Waals surface area (Å²) in [6.07, 6.45) is 14.3. The Balaban J connectivity index is 1.38. The highest BCUT2D eigenvalue weighted by molar-refractivity contribution is 5.21. The van der Waals surface area contributed by atoms with Gasteiger partial charge in [-0.1, -0.05) is 55.3 Å². The van der Waals surface area contributed by atoms with E-state index in [2.05, 4.69) is 36.4 Å². The molecule has 6 heteroatoms. The van der Waals surface area contributed by atoms with Gasteiger partial charge in [-0.3, -0.25) is 0 Å². The van der Waals surface area contributed by atoms with Gasteiger partial charge in [0.1, 0.15) is 5.75 Å². The van der Waals surface area contributed by atoms with Crippen LogP contribution in [-0.4, -0.2) is 47.0 Å². The van der Waals surface area contributed by atoms with Gasteiger partial charge in [-0.2, -0.15) is 0 Å². The van der Waals surface area contributed by atoms with E-state index < -0.39 is 5.60 Å². The van der Waals surface area contributed by atoms with Crippen LogP contribution < -0.4 is 4.74 Å². The lowest BCUT2D eigenvalue weighted by Crippen LogP contribution is -2.41. The molecule has 1 N–H and O–H groups in total. The Morgan fingerprint density at radius 2 is 1.91 bits per heavy atom. The quantitative estimate of drug-likeness (QED) is 0.433. The van der Waals surface area contributed by atoms with Gasteiger partial charge in [0.05, 0.1) is 27.2 Å². The Hall–Kier alpha value is -2.44. The van der Waals surface area contributed by atoms with Crippen molar-refractivity contribution in [1.29, 1.82) is 0 Å². The van der Waals surface area contributed by atoms with Gasteiger partial charge in [-0.15, -0.1) is 10.2 Å². The van der Waals surface area contributed by atoms with Crippen LogP contribution in [0.3, 0.4) is 0 Å². The van der Waals surface area contributed by atoms with Crippen molar-refractivity contribution >= 4 is 0 Å². The lowest BCUT2D eigenvalue weighted by molar-refractivity contribution is -0.905. The van der Waals surface area contributed by atoms with E-state index in [1.165, 1.54) is 0 Å². The standard InChI is InChI=1S/C26H36N3O3/c1-29(2,18-11-19-31-23-16-7-4-8-17-23)20-24-27-28-25(32-24)26(30,22-14-9-10-15-22)21-12-5-3-6-13-21/h3-8,12,16-17,21-22,30H,9-11,13-15,18-20H2,1-2H3/q+1. The van der Waals surface area contributed by atoms with Crippen molar-refractivity contribution < 1.29 is 18.7 Å². The lowest BCUT2D eigenvalue weighted by Gasteiger charge is -2.37. The largest absolute Gasteiger partial charge is 0.493 e. The Bertz CT molecular complexity index is 915. The summed E-state index contributed by atoms with van der Waals surface area (Å²) in [7, 11) is 4.31. The van der Waals surface area contributed by atoms with Crippen molar-refractivity contribution in [2.24, 2.45) is 11.8 Å². The zero-order valence-electron chi connectivity index (χ0n) is 19.3. The van der Waals surface area contributed by atoms with Crippen molar-refractivity contribution in [3.63, 3.8) is 0 Å². The molecule has 1 heterocycles. The molecule has 2 aromatic rings. The third kappa shape index (κ3) is 5.30. The molecule has 6 nitrogen and oxygen atoms in total. The van der Waals surface area contributed by atoms with E-state index in [0.717, 1.165) is 50.8 Å². The second-order valence-corrected chi connectivity index (χ2v) is 9.80. The van der Waals surface area contributed by atoms with Crippen molar-refractivity contribution in [3.8, 4) is 5.75 Å². The first-order valence-corrected chi connectivity index (χ1v) is 11.9. The number of quaternary nitrogens is 1. The fourth-order valence-corrected chi connectivity index (χ4v) is 5.03. The molecule has 2 unspecified atom stereocenters. The Morgan fingerprint density at radius 3 is 2.62 bits per heavy atom. The molecule has 2 atom stereocenters. The highest BCUT2D eigenvalue weighted by Crippen LogP contribution is 2.47. The predicted octanol–water partition coefficient (Wildman–Crippen LogP) is 4.63. The van der Waals surface area contributed by atoms with Crippen LogP contribution >= 0.6 is 0 Å². The Morgan fingerprint density at radius 1 is 1.12 bits per heavy atom. The van der Waals surface area contributed by atoms with Gasteiger partial charge in [0.25, 0.3) is 5.89 Å². The number of benzene rings is 1. The van der Waals surface area contributed by atoms with E-state index in [1.807, 2.05) is 42.5 Å². The zero-order chi connectivity index (χ0) is 22.4. The maximum absolute atomic E-state index is 11.9. The number of ether oxygens (including phenoxy) is 1. The molecule has 0 aliphatic heterocycles. The second-order valence-electron chi connectivity index (χ2n) is 9.80. The minimum absolute atomic E-state index is 0.0264. The van der Waals surface area contributed by atoms with Crippen LogP contribution in [0.4, 0.5) is 0 Å². The fraction of sp³-hybridized carbons (Fsp3) is 0.538. The summed E-state index contributed by atoms with van der Waals surface area (Å²) in [6.45, 7) is 2.22. The summed E-state index contributed by atoms with van der Waals surface area (Å²) in [5.41, 5.74) is -1.09. The van der Waals surface area contributed by atoms with Gasteiger partial charge in [0.2, 0.25) is 5.89 Å². The zero-order valence-corrected chi connectivity index (χ0v) is 19.3. The van der Waals surface area contributed by atoms with Crippen LogP contribution in [0, 0.1) is 11.8 Å². The van der Waals surface area contributed by atoms with Crippen LogP contribution in [0.1, 0.15) is 50.3 Å². The minimum atomic E-state index is -1.09. The SMILES string of the molecule is C[N+](C)(CCCOc1ccccc1)Cc1nnc(C(O)(C2C=CC=CC2)C2CCCC2)o1. The van der Waals surface area contributed by atoms with Crippen LogP contribution in [0.15, 0.2) is 59.1 Å². The molecule has 0 spiro atoms. The molecule has 1 fully saturated rings. The average molecular weight is 439 g/mol. The van der Waals surface area contributed by atoms with Crippen LogP contribution in [-0.2, 0) is 12.1 Å². The van der Waals surface area contributed by atoms with Gasteiger partial charge in [0, 0.05) is 12.3 Å². The molecular weight excluding hydrogens is 402 g/mol. The van der Waals surface area contributed by atoms with E-state index in [4.69, 9.17) is 9.15 Å². The van der Waals surface area contributed by atoms with Gasteiger partial charge in [-0.25, -0.2) is 0 Å². The van der Waals surface area contributed by atoms with Crippen molar-refractivity contribution in [3.05, 3.63) is 66.4 Å². The first-order valence-electron chi connectivity index (χ1n) is 11.9. The van der Waals surface area contributed by atoms with Gasteiger partial charge < -0.3 is 18.7 Å². The van der Waals surface area contributed by atoms with Gasteiger partial charge >= 0.3 is 0 Å². The van der Waals surface area contributed by atoms with Gasteiger partial charge in [0.15, 0.2) is 12.1 Å². The third-order valence-corrected chi connectivity index (χ3v) is 6.82. The predicted molar refractivity (Wildman–Crippen MR) is 124 cm³/mol. The molecule has 0 radical (unpaired) electrons. The number of rotatable bonds is 10. The molecule has 1 aromatic heterocycles. The van der Waals surface area contributed by atoms with E-state index in [1.54, 1.807) is 0 Å². The molecular formula is C26H36N3O3+. The number of allylic oxidation sites excluding steroid dienone is 3. The van der Waals surface area contributed by atoms with Crippen LogP contribution in [0.2, 0.25) is 0 Å². The highest BCUT2D eigenvalue weighted by atomic mass is 16.5. The van der Waals surface area contributed by atoms with Crippen molar-refractivity contribution in [2.75, 3.05) is 27.2 Å².